The summed E-state index contributed by atoms with van der Waals surface area (Å²) in [6.07, 6.45) is 5.24. The normalized spacial score (nSPS) is 26.3. The minimum atomic E-state index is -0.528. The standard InChI is InChI=1S/C11H20N2OS/c12-11(4-2-1-3-5-11)10(14)13-6-8-15-9-7-13/h1-9,12H2. The topological polar surface area (TPSA) is 46.3 Å². The monoisotopic (exact) mass is 228 g/mol. The van der Waals surface area contributed by atoms with Crippen molar-refractivity contribution < 1.29 is 4.79 Å². The van der Waals surface area contributed by atoms with Gasteiger partial charge in [-0.2, -0.15) is 11.8 Å². The number of carbonyl (C=O) groups excluding carboxylic acids is 1. The van der Waals surface area contributed by atoms with Crippen LogP contribution in [0.4, 0.5) is 0 Å². The summed E-state index contributed by atoms with van der Waals surface area (Å²) in [4.78, 5) is 14.2. The highest BCUT2D eigenvalue weighted by Crippen LogP contribution is 2.28. The first kappa shape index (κ1) is 11.3. The zero-order valence-electron chi connectivity index (χ0n) is 9.21. The van der Waals surface area contributed by atoms with Crippen LogP contribution in [0.15, 0.2) is 0 Å². The Labute approximate surface area is 95.8 Å². The van der Waals surface area contributed by atoms with E-state index in [4.69, 9.17) is 5.73 Å². The van der Waals surface area contributed by atoms with E-state index in [1.165, 1.54) is 6.42 Å². The van der Waals surface area contributed by atoms with Crippen molar-refractivity contribution in [3.8, 4) is 0 Å². The maximum absolute atomic E-state index is 12.3. The second-order valence-electron chi connectivity index (χ2n) is 4.62. The average Bonchev–Trinajstić information content (AvgIpc) is 2.30. The minimum absolute atomic E-state index is 0.211. The van der Waals surface area contributed by atoms with Gasteiger partial charge in [0.1, 0.15) is 0 Å². The Hall–Kier alpha value is -0.220. The molecule has 4 heteroatoms. The van der Waals surface area contributed by atoms with Crippen molar-refractivity contribution in [2.75, 3.05) is 24.6 Å². The third kappa shape index (κ3) is 2.48. The van der Waals surface area contributed by atoms with Crippen LogP contribution < -0.4 is 5.73 Å². The molecule has 3 nitrogen and oxygen atoms in total. The molecule has 15 heavy (non-hydrogen) atoms. The average molecular weight is 228 g/mol. The van der Waals surface area contributed by atoms with Crippen LogP contribution in [0.3, 0.4) is 0 Å². The van der Waals surface area contributed by atoms with Crippen molar-refractivity contribution in [3.05, 3.63) is 0 Å². The van der Waals surface area contributed by atoms with Gasteiger partial charge in [0.25, 0.3) is 0 Å². The van der Waals surface area contributed by atoms with E-state index in [1.807, 2.05) is 16.7 Å². The van der Waals surface area contributed by atoms with Crippen molar-refractivity contribution in [2.24, 2.45) is 5.73 Å². The van der Waals surface area contributed by atoms with Gasteiger partial charge in [0.15, 0.2) is 0 Å². The summed E-state index contributed by atoms with van der Waals surface area (Å²) in [5.41, 5.74) is 5.71. The van der Waals surface area contributed by atoms with Crippen LogP contribution in [0.1, 0.15) is 32.1 Å². The second-order valence-corrected chi connectivity index (χ2v) is 5.85. The summed E-state index contributed by atoms with van der Waals surface area (Å²) >= 11 is 1.93. The molecule has 1 saturated carbocycles. The quantitative estimate of drug-likeness (QED) is 0.734. The molecule has 0 unspecified atom stereocenters. The lowest BCUT2D eigenvalue weighted by Gasteiger charge is -2.38. The first-order chi connectivity index (χ1) is 7.22. The number of hydrogen-bond donors (Lipinski definition) is 1. The van der Waals surface area contributed by atoms with E-state index in [9.17, 15) is 4.79 Å². The van der Waals surface area contributed by atoms with Crippen LogP contribution >= 0.6 is 11.8 Å². The van der Waals surface area contributed by atoms with E-state index < -0.39 is 5.54 Å². The van der Waals surface area contributed by atoms with Gasteiger partial charge in [-0.15, -0.1) is 0 Å². The van der Waals surface area contributed by atoms with E-state index in [1.54, 1.807) is 0 Å². The van der Waals surface area contributed by atoms with Crippen LogP contribution in [-0.2, 0) is 4.79 Å². The van der Waals surface area contributed by atoms with Crippen molar-refractivity contribution >= 4 is 17.7 Å². The van der Waals surface area contributed by atoms with Gasteiger partial charge in [-0.05, 0) is 12.8 Å². The molecule has 2 fully saturated rings. The molecule has 1 aliphatic heterocycles. The van der Waals surface area contributed by atoms with E-state index in [0.717, 1.165) is 50.3 Å². The number of carbonyl (C=O) groups is 1. The highest BCUT2D eigenvalue weighted by molar-refractivity contribution is 7.99. The molecule has 0 spiro atoms. The minimum Gasteiger partial charge on any atom is -0.339 e. The Balaban J connectivity index is 1.98. The zero-order valence-corrected chi connectivity index (χ0v) is 10.0. The number of amides is 1. The van der Waals surface area contributed by atoms with Crippen molar-refractivity contribution in [1.29, 1.82) is 0 Å². The molecule has 86 valence electrons. The van der Waals surface area contributed by atoms with Gasteiger partial charge in [0, 0.05) is 24.6 Å². The lowest BCUT2D eigenvalue weighted by molar-refractivity contribution is -0.137. The molecule has 1 saturated heterocycles. The van der Waals surface area contributed by atoms with Gasteiger partial charge >= 0.3 is 0 Å². The Morgan fingerprint density at radius 1 is 1.13 bits per heavy atom. The fourth-order valence-corrected chi connectivity index (χ4v) is 3.38. The Morgan fingerprint density at radius 3 is 2.33 bits per heavy atom. The van der Waals surface area contributed by atoms with E-state index in [0.29, 0.717) is 0 Å². The summed E-state index contributed by atoms with van der Waals surface area (Å²) < 4.78 is 0. The SMILES string of the molecule is NC1(C(=O)N2CCSCC2)CCCCC1. The maximum Gasteiger partial charge on any atom is 0.242 e. The molecule has 0 aromatic heterocycles. The maximum atomic E-state index is 12.3. The molecule has 2 N–H and O–H groups in total. The zero-order chi connectivity index (χ0) is 10.7. The van der Waals surface area contributed by atoms with Gasteiger partial charge in [-0.25, -0.2) is 0 Å². The third-order valence-corrected chi connectivity index (χ3v) is 4.41. The lowest BCUT2D eigenvalue weighted by Crippen LogP contribution is -2.57. The van der Waals surface area contributed by atoms with Gasteiger partial charge < -0.3 is 10.6 Å². The molecule has 0 radical (unpaired) electrons. The number of thioether (sulfide) groups is 1. The molecule has 0 atom stereocenters. The molecule has 0 bridgehead atoms. The predicted octanol–water partition coefficient (Wildman–Crippen LogP) is 1.22. The third-order valence-electron chi connectivity index (χ3n) is 3.47. The summed E-state index contributed by atoms with van der Waals surface area (Å²) in [6, 6.07) is 0. The lowest BCUT2D eigenvalue weighted by atomic mass is 9.81. The molecule has 0 aromatic rings. The van der Waals surface area contributed by atoms with Gasteiger partial charge in [-0.3, -0.25) is 4.79 Å². The van der Waals surface area contributed by atoms with Gasteiger partial charge in [0.05, 0.1) is 5.54 Å². The largest absolute Gasteiger partial charge is 0.339 e. The van der Waals surface area contributed by atoms with E-state index in [2.05, 4.69) is 0 Å². The molecule has 0 aromatic carbocycles. The number of rotatable bonds is 1. The number of nitrogens with two attached hydrogens (primary N) is 1. The van der Waals surface area contributed by atoms with Gasteiger partial charge in [-0.1, -0.05) is 19.3 Å². The smallest absolute Gasteiger partial charge is 0.242 e. The van der Waals surface area contributed by atoms with E-state index in [-0.39, 0.29) is 5.91 Å². The first-order valence-electron chi connectivity index (χ1n) is 5.88. The fraction of sp³-hybridized carbons (Fsp3) is 0.909. The van der Waals surface area contributed by atoms with Crippen molar-refractivity contribution in [2.45, 2.75) is 37.6 Å². The highest BCUT2D eigenvalue weighted by Gasteiger charge is 2.38. The predicted molar refractivity (Wildman–Crippen MR) is 63.9 cm³/mol. The molecule has 1 aliphatic carbocycles. The number of hydrogen-bond acceptors (Lipinski definition) is 3. The molecule has 2 rings (SSSR count). The van der Waals surface area contributed by atoms with Gasteiger partial charge in [0.2, 0.25) is 5.91 Å². The van der Waals surface area contributed by atoms with Crippen molar-refractivity contribution in [3.63, 3.8) is 0 Å². The first-order valence-corrected chi connectivity index (χ1v) is 7.04. The second kappa shape index (κ2) is 4.74. The Morgan fingerprint density at radius 2 is 1.73 bits per heavy atom. The number of nitrogens with zero attached hydrogens (tertiary/aromatic N) is 1. The summed E-state index contributed by atoms with van der Waals surface area (Å²) in [5.74, 6) is 2.35. The van der Waals surface area contributed by atoms with Crippen LogP contribution in [0.25, 0.3) is 0 Å². The molecular weight excluding hydrogens is 208 g/mol. The molecule has 2 aliphatic rings. The van der Waals surface area contributed by atoms with Crippen LogP contribution in [0, 0.1) is 0 Å². The highest BCUT2D eigenvalue weighted by atomic mass is 32.2. The Kier molecular flexibility index (Phi) is 3.57. The van der Waals surface area contributed by atoms with Crippen LogP contribution in [0.2, 0.25) is 0 Å². The summed E-state index contributed by atoms with van der Waals surface area (Å²) in [7, 11) is 0. The van der Waals surface area contributed by atoms with Crippen molar-refractivity contribution in [1.82, 2.24) is 4.90 Å². The fourth-order valence-electron chi connectivity index (χ4n) is 2.48. The summed E-state index contributed by atoms with van der Waals surface area (Å²) in [6.45, 7) is 1.78. The summed E-state index contributed by atoms with van der Waals surface area (Å²) in [5, 5.41) is 0. The molecule has 1 heterocycles. The van der Waals surface area contributed by atoms with E-state index >= 15 is 0 Å². The van der Waals surface area contributed by atoms with Crippen LogP contribution in [0.5, 0.6) is 0 Å². The molecular formula is C11H20N2OS. The van der Waals surface area contributed by atoms with Crippen LogP contribution in [-0.4, -0.2) is 40.9 Å². The Bertz CT molecular complexity index is 233. The molecule has 1 amide bonds.